The summed E-state index contributed by atoms with van der Waals surface area (Å²) in [4.78, 5) is 28.5. The predicted molar refractivity (Wildman–Crippen MR) is 97.6 cm³/mol. The van der Waals surface area contributed by atoms with Gasteiger partial charge < -0.3 is 20.3 Å². The zero-order chi connectivity index (χ0) is 17.1. The van der Waals surface area contributed by atoms with Crippen LogP contribution in [-0.2, 0) is 16.1 Å². The van der Waals surface area contributed by atoms with Gasteiger partial charge in [-0.05, 0) is 30.5 Å². The molecular formula is C18H26ClN3O3. The number of halogens is 1. The highest BCUT2D eigenvalue weighted by Gasteiger charge is 2.37. The molecule has 2 unspecified atom stereocenters. The first-order chi connectivity index (χ1) is 11.6. The molecule has 3 rings (SSSR count). The van der Waals surface area contributed by atoms with Crippen LogP contribution in [0.5, 0.6) is 5.75 Å². The monoisotopic (exact) mass is 367 g/mol. The molecule has 2 saturated heterocycles. The summed E-state index contributed by atoms with van der Waals surface area (Å²) in [6.07, 6.45) is 2.22. The Hall–Kier alpha value is -1.79. The molecule has 2 atom stereocenters. The van der Waals surface area contributed by atoms with Crippen LogP contribution in [0.15, 0.2) is 24.3 Å². The Morgan fingerprint density at radius 3 is 2.64 bits per heavy atom. The molecule has 2 aliphatic heterocycles. The van der Waals surface area contributed by atoms with E-state index in [4.69, 9.17) is 10.5 Å². The highest BCUT2D eigenvalue weighted by molar-refractivity contribution is 5.89. The average molecular weight is 368 g/mol. The minimum atomic E-state index is -0.235. The number of amides is 2. The van der Waals surface area contributed by atoms with E-state index in [9.17, 15) is 9.59 Å². The van der Waals surface area contributed by atoms with E-state index in [-0.39, 0.29) is 36.2 Å². The molecule has 1 aromatic carbocycles. The number of piperidine rings is 1. The van der Waals surface area contributed by atoms with Gasteiger partial charge in [-0.1, -0.05) is 12.1 Å². The lowest BCUT2D eigenvalue weighted by Gasteiger charge is -2.32. The number of nitrogens with zero attached hydrogens (tertiary/aromatic N) is 2. The van der Waals surface area contributed by atoms with Crippen LogP contribution in [0.3, 0.4) is 0 Å². The summed E-state index contributed by atoms with van der Waals surface area (Å²) >= 11 is 0. The van der Waals surface area contributed by atoms with E-state index >= 15 is 0 Å². The molecule has 2 amide bonds. The van der Waals surface area contributed by atoms with Gasteiger partial charge in [0.15, 0.2) is 0 Å². The number of hydrogen-bond donors (Lipinski definition) is 1. The number of hydrogen-bond acceptors (Lipinski definition) is 4. The summed E-state index contributed by atoms with van der Waals surface area (Å²) in [7, 11) is 1.63. The Balaban J connectivity index is 0.00000225. The van der Waals surface area contributed by atoms with Crippen molar-refractivity contribution in [3.63, 3.8) is 0 Å². The normalized spacial score (nSPS) is 23.4. The second-order valence-electron chi connectivity index (χ2n) is 6.71. The molecule has 6 nitrogen and oxygen atoms in total. The van der Waals surface area contributed by atoms with Gasteiger partial charge in [-0.15, -0.1) is 12.4 Å². The number of carbonyl (C=O) groups excluding carboxylic acids is 2. The van der Waals surface area contributed by atoms with Gasteiger partial charge >= 0.3 is 0 Å². The molecule has 0 aliphatic carbocycles. The van der Waals surface area contributed by atoms with Crippen LogP contribution in [0.25, 0.3) is 0 Å². The predicted octanol–water partition coefficient (Wildman–Crippen LogP) is 1.42. The van der Waals surface area contributed by atoms with Gasteiger partial charge in [-0.25, -0.2) is 0 Å². The van der Waals surface area contributed by atoms with Gasteiger partial charge in [0.1, 0.15) is 5.75 Å². The first kappa shape index (κ1) is 19.5. The second-order valence-corrected chi connectivity index (χ2v) is 6.71. The fraction of sp³-hybridized carbons (Fsp3) is 0.556. The van der Waals surface area contributed by atoms with E-state index < -0.39 is 0 Å². The maximum absolute atomic E-state index is 12.6. The largest absolute Gasteiger partial charge is 0.497 e. The third-order valence-electron chi connectivity index (χ3n) is 4.87. The molecule has 0 bridgehead atoms. The number of methoxy groups -OCH3 is 1. The van der Waals surface area contributed by atoms with Crippen LogP contribution in [0.1, 0.15) is 24.8 Å². The van der Waals surface area contributed by atoms with Crippen molar-refractivity contribution in [1.82, 2.24) is 9.80 Å². The third kappa shape index (κ3) is 4.64. The molecule has 0 saturated carbocycles. The molecule has 0 aromatic heterocycles. The minimum absolute atomic E-state index is 0. The summed E-state index contributed by atoms with van der Waals surface area (Å²) in [6, 6.07) is 7.73. The summed E-state index contributed by atoms with van der Waals surface area (Å²) in [5, 5.41) is 0. The van der Waals surface area contributed by atoms with E-state index in [1.807, 2.05) is 29.2 Å². The number of ether oxygens (including phenoxy) is 1. The maximum Gasteiger partial charge on any atom is 0.228 e. The Bertz CT molecular complexity index is 608. The van der Waals surface area contributed by atoms with Gasteiger partial charge in [0.25, 0.3) is 0 Å². The maximum atomic E-state index is 12.6. The van der Waals surface area contributed by atoms with Gasteiger partial charge in [0.05, 0.1) is 13.0 Å². The van der Waals surface area contributed by atoms with Crippen LogP contribution in [-0.4, -0.2) is 54.4 Å². The summed E-state index contributed by atoms with van der Waals surface area (Å²) < 4.78 is 5.14. The van der Waals surface area contributed by atoms with Crippen LogP contribution in [0, 0.1) is 5.92 Å². The van der Waals surface area contributed by atoms with Gasteiger partial charge in [0.2, 0.25) is 11.8 Å². The van der Waals surface area contributed by atoms with Crippen molar-refractivity contribution in [3.05, 3.63) is 29.8 Å². The highest BCUT2D eigenvalue weighted by Crippen LogP contribution is 2.24. The van der Waals surface area contributed by atoms with E-state index in [1.165, 1.54) is 0 Å². The molecular weight excluding hydrogens is 342 g/mol. The third-order valence-corrected chi connectivity index (χ3v) is 4.87. The summed E-state index contributed by atoms with van der Waals surface area (Å²) in [5.74, 6) is 0.684. The van der Waals surface area contributed by atoms with Crippen molar-refractivity contribution in [2.24, 2.45) is 11.7 Å². The molecule has 0 spiro atoms. The molecule has 0 radical (unpaired) electrons. The Kier molecular flexibility index (Phi) is 6.67. The Morgan fingerprint density at radius 1 is 1.28 bits per heavy atom. The Labute approximate surface area is 154 Å². The molecule has 2 N–H and O–H groups in total. The molecule has 2 heterocycles. The van der Waals surface area contributed by atoms with E-state index in [2.05, 4.69) is 0 Å². The number of rotatable bonds is 4. The number of nitrogens with two attached hydrogens (primary N) is 1. The molecule has 25 heavy (non-hydrogen) atoms. The van der Waals surface area contributed by atoms with Crippen molar-refractivity contribution in [2.75, 3.05) is 26.7 Å². The second kappa shape index (κ2) is 8.54. The summed E-state index contributed by atoms with van der Waals surface area (Å²) in [6.45, 7) is 2.40. The quantitative estimate of drug-likeness (QED) is 0.873. The van der Waals surface area contributed by atoms with Crippen molar-refractivity contribution in [3.8, 4) is 5.75 Å². The van der Waals surface area contributed by atoms with Crippen molar-refractivity contribution < 1.29 is 14.3 Å². The first-order valence-corrected chi connectivity index (χ1v) is 8.52. The van der Waals surface area contributed by atoms with Crippen molar-refractivity contribution in [1.29, 1.82) is 0 Å². The summed E-state index contributed by atoms with van der Waals surface area (Å²) in [5.41, 5.74) is 7.00. The molecule has 2 fully saturated rings. The lowest BCUT2D eigenvalue weighted by Crippen LogP contribution is -2.48. The van der Waals surface area contributed by atoms with Crippen molar-refractivity contribution >= 4 is 24.2 Å². The molecule has 2 aliphatic rings. The lowest BCUT2D eigenvalue weighted by atomic mass is 10.0. The molecule has 7 heteroatoms. The SMILES string of the molecule is COc1ccc(CN2CC(C(=O)N3CCCC(N)C3)CC2=O)cc1.Cl. The van der Waals surface area contributed by atoms with Crippen molar-refractivity contribution in [2.45, 2.75) is 31.8 Å². The van der Waals surface area contributed by atoms with Gasteiger partial charge in [-0.2, -0.15) is 0 Å². The first-order valence-electron chi connectivity index (χ1n) is 8.52. The van der Waals surface area contributed by atoms with E-state index in [0.717, 1.165) is 30.7 Å². The van der Waals surface area contributed by atoms with E-state index in [0.29, 0.717) is 26.1 Å². The zero-order valence-electron chi connectivity index (χ0n) is 14.5. The Morgan fingerprint density at radius 2 is 2.00 bits per heavy atom. The van der Waals surface area contributed by atoms with Crippen LogP contribution in [0.2, 0.25) is 0 Å². The smallest absolute Gasteiger partial charge is 0.228 e. The van der Waals surface area contributed by atoms with Crippen LogP contribution >= 0.6 is 12.4 Å². The van der Waals surface area contributed by atoms with Crippen LogP contribution in [0.4, 0.5) is 0 Å². The molecule has 138 valence electrons. The minimum Gasteiger partial charge on any atom is -0.497 e. The number of carbonyl (C=O) groups is 2. The van der Waals surface area contributed by atoms with Gasteiger partial charge in [-0.3, -0.25) is 9.59 Å². The fourth-order valence-electron chi connectivity index (χ4n) is 3.51. The standard InChI is InChI=1S/C18H25N3O3.ClH/c1-24-16-6-4-13(5-7-16)10-21-11-14(9-17(21)22)18(23)20-8-2-3-15(19)12-20;/h4-7,14-15H,2-3,8-12,19H2,1H3;1H. The van der Waals surface area contributed by atoms with Gasteiger partial charge in [0, 0.05) is 38.6 Å². The highest BCUT2D eigenvalue weighted by atomic mass is 35.5. The lowest BCUT2D eigenvalue weighted by molar-refractivity contribution is -0.137. The fourth-order valence-corrected chi connectivity index (χ4v) is 3.51. The average Bonchev–Trinajstić information content (AvgIpc) is 2.95. The van der Waals surface area contributed by atoms with Crippen LogP contribution < -0.4 is 10.5 Å². The number of likely N-dealkylation sites (tertiary alicyclic amines) is 2. The molecule has 1 aromatic rings. The zero-order valence-corrected chi connectivity index (χ0v) is 15.3. The van der Waals surface area contributed by atoms with E-state index in [1.54, 1.807) is 12.0 Å². The topological polar surface area (TPSA) is 75.9 Å². The number of benzene rings is 1.